The first-order valence-corrected chi connectivity index (χ1v) is 10.8. The van der Waals surface area contributed by atoms with Gasteiger partial charge in [-0.3, -0.25) is 9.59 Å². The summed E-state index contributed by atoms with van der Waals surface area (Å²) < 4.78 is 10.2. The van der Waals surface area contributed by atoms with Gasteiger partial charge in [0.2, 0.25) is 5.91 Å². The van der Waals surface area contributed by atoms with Crippen LogP contribution >= 0.6 is 11.8 Å². The van der Waals surface area contributed by atoms with Crippen molar-refractivity contribution in [2.75, 3.05) is 29.6 Å². The van der Waals surface area contributed by atoms with Gasteiger partial charge in [0.15, 0.2) is 6.61 Å². The van der Waals surface area contributed by atoms with E-state index in [0.717, 1.165) is 17.7 Å². The zero-order chi connectivity index (χ0) is 22.2. The number of nitrogens with one attached hydrogen (secondary N) is 2. The predicted molar refractivity (Wildman–Crippen MR) is 116 cm³/mol. The minimum Gasteiger partial charge on any atom is -0.462 e. The highest BCUT2D eigenvalue weighted by Gasteiger charge is 2.18. The highest BCUT2D eigenvalue weighted by Crippen LogP contribution is 2.32. The zero-order valence-electron chi connectivity index (χ0n) is 16.9. The molecule has 0 radical (unpaired) electrons. The number of rotatable bonds is 8. The molecule has 9 heteroatoms. The van der Waals surface area contributed by atoms with E-state index in [1.165, 1.54) is 17.8 Å². The van der Waals surface area contributed by atoms with Crippen LogP contribution in [-0.4, -0.2) is 42.7 Å². The summed E-state index contributed by atoms with van der Waals surface area (Å²) in [4.78, 5) is 48.5. The van der Waals surface area contributed by atoms with Crippen molar-refractivity contribution in [1.82, 2.24) is 0 Å². The Balaban J connectivity index is 1.49. The normalized spacial score (nSPS) is 12.4. The largest absolute Gasteiger partial charge is 0.462 e. The minimum absolute atomic E-state index is 0.136. The van der Waals surface area contributed by atoms with Crippen LogP contribution in [0.25, 0.3) is 0 Å². The van der Waals surface area contributed by atoms with Crippen LogP contribution in [0, 0.1) is 0 Å². The Morgan fingerprint density at radius 3 is 2.48 bits per heavy atom. The Hall–Kier alpha value is -3.33. The summed E-state index contributed by atoms with van der Waals surface area (Å²) in [5.41, 5.74) is 1.63. The maximum absolute atomic E-state index is 12.2. The molecule has 0 bridgehead atoms. The number of fused-ring (bicyclic) bond motifs is 1. The van der Waals surface area contributed by atoms with Gasteiger partial charge in [-0.1, -0.05) is 13.3 Å². The first-order valence-electron chi connectivity index (χ1n) is 9.77. The van der Waals surface area contributed by atoms with E-state index >= 15 is 0 Å². The van der Waals surface area contributed by atoms with Gasteiger partial charge in [0.25, 0.3) is 5.91 Å². The van der Waals surface area contributed by atoms with Gasteiger partial charge in [-0.15, -0.1) is 11.8 Å². The van der Waals surface area contributed by atoms with Crippen molar-refractivity contribution in [3.8, 4) is 0 Å². The second-order valence-electron chi connectivity index (χ2n) is 6.74. The van der Waals surface area contributed by atoms with Crippen molar-refractivity contribution in [3.05, 3.63) is 53.6 Å². The number of thioether (sulfide) groups is 1. The lowest BCUT2D eigenvalue weighted by Crippen LogP contribution is -2.22. The Kier molecular flexibility index (Phi) is 7.66. The lowest BCUT2D eigenvalue weighted by Gasteiger charge is -2.16. The summed E-state index contributed by atoms with van der Waals surface area (Å²) in [5.74, 6) is -1.42. The van der Waals surface area contributed by atoms with E-state index in [2.05, 4.69) is 10.6 Å². The number of carbonyl (C=O) groups is 4. The number of amides is 2. The molecule has 0 saturated heterocycles. The van der Waals surface area contributed by atoms with Crippen LogP contribution in [-0.2, 0) is 19.1 Å². The lowest BCUT2D eigenvalue weighted by atomic mass is 10.2. The van der Waals surface area contributed by atoms with Crippen molar-refractivity contribution in [2.45, 2.75) is 24.7 Å². The molecule has 1 aliphatic heterocycles. The number of anilines is 2. The number of esters is 2. The first kappa shape index (κ1) is 22.4. The number of ether oxygens (including phenoxy) is 2. The van der Waals surface area contributed by atoms with E-state index in [4.69, 9.17) is 9.47 Å². The molecular formula is C22H22N2O6S. The number of benzene rings is 2. The molecule has 1 aliphatic rings. The molecule has 3 rings (SSSR count). The number of hydrogen-bond acceptors (Lipinski definition) is 7. The Bertz CT molecular complexity index is 990. The van der Waals surface area contributed by atoms with E-state index in [0.29, 0.717) is 29.3 Å². The van der Waals surface area contributed by atoms with Crippen LogP contribution in [0.1, 0.15) is 40.5 Å². The van der Waals surface area contributed by atoms with E-state index in [-0.39, 0.29) is 11.5 Å². The van der Waals surface area contributed by atoms with Gasteiger partial charge < -0.3 is 20.1 Å². The molecule has 0 fully saturated rings. The third kappa shape index (κ3) is 6.32. The highest BCUT2D eigenvalue weighted by molar-refractivity contribution is 8.00. The van der Waals surface area contributed by atoms with Gasteiger partial charge in [-0.05, 0) is 48.9 Å². The molecule has 2 N–H and O–H groups in total. The monoisotopic (exact) mass is 442 g/mol. The molecule has 0 aromatic heterocycles. The van der Waals surface area contributed by atoms with Crippen molar-refractivity contribution in [1.29, 1.82) is 0 Å². The molecule has 2 aromatic rings. The van der Waals surface area contributed by atoms with Gasteiger partial charge in [0, 0.05) is 10.6 Å². The minimum atomic E-state index is -0.673. The fraction of sp³-hybridized carbons (Fsp3) is 0.273. The van der Waals surface area contributed by atoms with Gasteiger partial charge >= 0.3 is 11.9 Å². The van der Waals surface area contributed by atoms with E-state index in [1.807, 2.05) is 6.92 Å². The molecule has 1 heterocycles. The molecule has 0 unspecified atom stereocenters. The van der Waals surface area contributed by atoms with E-state index in [9.17, 15) is 19.2 Å². The standard InChI is InChI=1S/C22H22N2O6S/c1-2-3-10-29-21(27)14-4-7-16(8-5-14)23-19(25)12-30-22(28)15-6-9-18-17(11-15)24-20(26)13-31-18/h4-9,11H,2-3,10,12-13H2,1H3,(H,23,25)(H,24,26). The molecule has 162 valence electrons. The molecule has 0 aliphatic carbocycles. The zero-order valence-corrected chi connectivity index (χ0v) is 17.8. The molecule has 2 aromatic carbocycles. The Morgan fingerprint density at radius 1 is 1.03 bits per heavy atom. The quantitative estimate of drug-likeness (QED) is 0.476. The molecule has 2 amide bonds. The maximum Gasteiger partial charge on any atom is 0.338 e. The topological polar surface area (TPSA) is 111 Å². The third-order valence-corrected chi connectivity index (χ3v) is 5.39. The van der Waals surface area contributed by atoms with Crippen molar-refractivity contribution in [3.63, 3.8) is 0 Å². The molecule has 0 saturated carbocycles. The number of hydrogen-bond donors (Lipinski definition) is 2. The molecule has 8 nitrogen and oxygen atoms in total. The maximum atomic E-state index is 12.2. The van der Waals surface area contributed by atoms with E-state index in [1.54, 1.807) is 36.4 Å². The van der Waals surface area contributed by atoms with Gasteiger partial charge in [-0.2, -0.15) is 0 Å². The van der Waals surface area contributed by atoms with Gasteiger partial charge in [0.1, 0.15) is 0 Å². The molecular weight excluding hydrogens is 420 g/mol. The molecule has 31 heavy (non-hydrogen) atoms. The Labute approximate surface area is 183 Å². The summed E-state index contributed by atoms with van der Waals surface area (Å²) in [5, 5.41) is 5.29. The third-order valence-electron chi connectivity index (χ3n) is 4.32. The first-order chi connectivity index (χ1) is 15.0. The van der Waals surface area contributed by atoms with Crippen LogP contribution < -0.4 is 10.6 Å². The number of unbranched alkanes of at least 4 members (excludes halogenated alkanes) is 1. The van der Waals surface area contributed by atoms with Crippen LogP contribution in [0.2, 0.25) is 0 Å². The van der Waals surface area contributed by atoms with Crippen LogP contribution in [0.4, 0.5) is 11.4 Å². The van der Waals surface area contributed by atoms with Crippen molar-refractivity contribution in [2.24, 2.45) is 0 Å². The van der Waals surface area contributed by atoms with Crippen LogP contribution in [0.5, 0.6) is 0 Å². The van der Waals surface area contributed by atoms with Crippen molar-refractivity contribution < 1.29 is 28.7 Å². The van der Waals surface area contributed by atoms with Crippen LogP contribution in [0.3, 0.4) is 0 Å². The number of carbonyl (C=O) groups excluding carboxylic acids is 4. The Morgan fingerprint density at radius 2 is 1.74 bits per heavy atom. The second kappa shape index (κ2) is 10.6. The summed E-state index contributed by atoms with van der Waals surface area (Å²) in [7, 11) is 0. The van der Waals surface area contributed by atoms with Crippen molar-refractivity contribution >= 4 is 46.9 Å². The fourth-order valence-electron chi connectivity index (χ4n) is 2.70. The summed E-state index contributed by atoms with van der Waals surface area (Å²) in [6, 6.07) is 11.1. The lowest BCUT2D eigenvalue weighted by molar-refractivity contribution is -0.119. The highest BCUT2D eigenvalue weighted by atomic mass is 32.2. The smallest absolute Gasteiger partial charge is 0.338 e. The summed E-state index contributed by atoms with van der Waals surface area (Å²) >= 11 is 1.39. The average Bonchev–Trinajstić information content (AvgIpc) is 2.77. The van der Waals surface area contributed by atoms with Crippen LogP contribution in [0.15, 0.2) is 47.4 Å². The van der Waals surface area contributed by atoms with E-state index < -0.39 is 24.5 Å². The second-order valence-corrected chi connectivity index (χ2v) is 7.76. The molecule has 0 spiro atoms. The fourth-order valence-corrected chi connectivity index (χ4v) is 3.49. The average molecular weight is 442 g/mol. The van der Waals surface area contributed by atoms with Gasteiger partial charge in [-0.25, -0.2) is 9.59 Å². The summed E-state index contributed by atoms with van der Waals surface area (Å²) in [6.07, 6.45) is 1.74. The SMILES string of the molecule is CCCCOC(=O)c1ccc(NC(=O)COC(=O)c2ccc3c(c2)NC(=O)CS3)cc1. The summed E-state index contributed by atoms with van der Waals surface area (Å²) in [6.45, 7) is 1.90. The molecule has 0 atom stereocenters. The van der Waals surface area contributed by atoms with Gasteiger partial charge in [0.05, 0.1) is 29.2 Å². The predicted octanol–water partition coefficient (Wildman–Crippen LogP) is 3.48.